The molecule has 0 aliphatic heterocycles. The average molecular weight is 508 g/mol. The van der Waals surface area contributed by atoms with Crippen molar-refractivity contribution in [1.29, 1.82) is 0 Å². The van der Waals surface area contributed by atoms with Gasteiger partial charge in [-0.05, 0) is 44.4 Å². The lowest BCUT2D eigenvalue weighted by Crippen LogP contribution is -2.42. The minimum absolute atomic E-state index is 0.0676. The van der Waals surface area contributed by atoms with E-state index in [0.717, 1.165) is 6.42 Å². The molecule has 7 heteroatoms. The minimum Gasteiger partial charge on any atom is -0.356 e. The van der Waals surface area contributed by atoms with Crippen LogP contribution in [0.2, 0.25) is 0 Å². The summed E-state index contributed by atoms with van der Waals surface area (Å²) in [4.78, 5) is 50.4. The molecule has 0 aliphatic rings. The summed E-state index contributed by atoms with van der Waals surface area (Å²) in [6.07, 6.45) is 2.88. The molecule has 2 aromatic carbocycles. The highest BCUT2D eigenvalue weighted by Gasteiger charge is 2.38. The van der Waals surface area contributed by atoms with Crippen LogP contribution in [0.5, 0.6) is 0 Å². The van der Waals surface area contributed by atoms with Gasteiger partial charge in [0.2, 0.25) is 5.91 Å². The SMILES string of the molecule is CC(C)(CC(C)(C)C(=O)NCCCN)C(=O)CCCCNC(=O)c1ccc(C(=O)c2ccccc2)cc1. The van der Waals surface area contributed by atoms with Gasteiger partial charge in [-0.2, -0.15) is 0 Å². The summed E-state index contributed by atoms with van der Waals surface area (Å²) in [5.41, 5.74) is 5.80. The molecule has 200 valence electrons. The molecular formula is C30H41N3O4. The van der Waals surface area contributed by atoms with E-state index in [2.05, 4.69) is 10.6 Å². The van der Waals surface area contributed by atoms with Crippen molar-refractivity contribution in [3.05, 3.63) is 71.3 Å². The lowest BCUT2D eigenvalue weighted by Gasteiger charge is -2.33. The van der Waals surface area contributed by atoms with Crippen LogP contribution in [0.1, 0.15) is 86.1 Å². The normalized spacial score (nSPS) is 11.6. The van der Waals surface area contributed by atoms with E-state index in [0.29, 0.717) is 62.0 Å². The number of Topliss-reactive ketones (excluding diaryl/α,β-unsaturated/α-hetero) is 1. The van der Waals surface area contributed by atoms with Gasteiger partial charge in [0.1, 0.15) is 5.78 Å². The van der Waals surface area contributed by atoms with Crippen LogP contribution in [0.25, 0.3) is 0 Å². The maximum Gasteiger partial charge on any atom is 0.251 e. The average Bonchev–Trinajstić information content (AvgIpc) is 2.87. The number of hydrogen-bond donors (Lipinski definition) is 3. The van der Waals surface area contributed by atoms with Crippen LogP contribution in [0, 0.1) is 10.8 Å². The molecule has 0 aromatic heterocycles. The van der Waals surface area contributed by atoms with Gasteiger partial charge in [-0.3, -0.25) is 19.2 Å². The maximum atomic E-state index is 12.9. The lowest BCUT2D eigenvalue weighted by atomic mass is 9.71. The number of carbonyl (C=O) groups is 4. The molecule has 0 unspecified atom stereocenters. The van der Waals surface area contributed by atoms with Crippen LogP contribution in [-0.2, 0) is 9.59 Å². The van der Waals surface area contributed by atoms with E-state index < -0.39 is 10.8 Å². The van der Waals surface area contributed by atoms with Crippen molar-refractivity contribution >= 4 is 23.4 Å². The Balaban J connectivity index is 1.75. The Morgan fingerprint density at radius 2 is 1.27 bits per heavy atom. The number of nitrogens with one attached hydrogen (secondary N) is 2. The first-order chi connectivity index (χ1) is 17.5. The van der Waals surface area contributed by atoms with Gasteiger partial charge in [0.25, 0.3) is 5.91 Å². The predicted molar refractivity (Wildman–Crippen MR) is 146 cm³/mol. The largest absolute Gasteiger partial charge is 0.356 e. The fourth-order valence-corrected chi connectivity index (χ4v) is 4.41. The highest BCUT2D eigenvalue weighted by Crippen LogP contribution is 2.35. The van der Waals surface area contributed by atoms with E-state index in [4.69, 9.17) is 5.73 Å². The third kappa shape index (κ3) is 9.25. The molecule has 2 amide bonds. The molecule has 0 radical (unpaired) electrons. The van der Waals surface area contributed by atoms with E-state index in [1.807, 2.05) is 45.9 Å². The van der Waals surface area contributed by atoms with E-state index in [1.54, 1.807) is 36.4 Å². The summed E-state index contributed by atoms with van der Waals surface area (Å²) in [6, 6.07) is 15.6. The Kier molecular flexibility index (Phi) is 11.2. The molecule has 0 aliphatic carbocycles. The van der Waals surface area contributed by atoms with Crippen molar-refractivity contribution in [2.45, 2.75) is 59.8 Å². The molecule has 2 aromatic rings. The molecule has 0 fully saturated rings. The molecule has 0 saturated heterocycles. The highest BCUT2D eigenvalue weighted by atomic mass is 16.2. The molecular weight excluding hydrogens is 466 g/mol. The molecule has 2 rings (SSSR count). The van der Waals surface area contributed by atoms with Crippen LogP contribution in [0.3, 0.4) is 0 Å². The number of unbranched alkanes of at least 4 members (excludes halogenated alkanes) is 1. The van der Waals surface area contributed by atoms with E-state index >= 15 is 0 Å². The zero-order valence-electron chi connectivity index (χ0n) is 22.6. The van der Waals surface area contributed by atoms with Crippen LogP contribution in [0.4, 0.5) is 0 Å². The minimum atomic E-state index is -0.664. The number of carbonyl (C=O) groups excluding carboxylic acids is 4. The van der Waals surface area contributed by atoms with Crippen molar-refractivity contribution < 1.29 is 19.2 Å². The summed E-state index contributed by atoms with van der Waals surface area (Å²) in [5, 5.41) is 5.77. The van der Waals surface area contributed by atoms with Gasteiger partial charge in [-0.1, -0.05) is 70.2 Å². The number of benzene rings is 2. The van der Waals surface area contributed by atoms with Crippen molar-refractivity contribution in [2.75, 3.05) is 19.6 Å². The zero-order valence-corrected chi connectivity index (χ0v) is 22.6. The zero-order chi connectivity index (χ0) is 27.5. The van der Waals surface area contributed by atoms with Gasteiger partial charge in [0.15, 0.2) is 5.78 Å². The fraction of sp³-hybridized carbons (Fsp3) is 0.467. The molecule has 0 atom stereocenters. The second-order valence-corrected chi connectivity index (χ2v) is 10.8. The van der Waals surface area contributed by atoms with Crippen LogP contribution >= 0.6 is 0 Å². The molecule has 0 saturated carbocycles. The van der Waals surface area contributed by atoms with E-state index in [1.165, 1.54) is 0 Å². The summed E-state index contributed by atoms with van der Waals surface area (Å²) >= 11 is 0. The molecule has 7 nitrogen and oxygen atoms in total. The van der Waals surface area contributed by atoms with Gasteiger partial charge in [0.05, 0.1) is 0 Å². The molecule has 0 spiro atoms. The van der Waals surface area contributed by atoms with Gasteiger partial charge in [0, 0.05) is 47.0 Å². The lowest BCUT2D eigenvalue weighted by molar-refractivity contribution is -0.134. The van der Waals surface area contributed by atoms with Crippen molar-refractivity contribution in [3.63, 3.8) is 0 Å². The fourth-order valence-electron chi connectivity index (χ4n) is 4.41. The topological polar surface area (TPSA) is 118 Å². The summed E-state index contributed by atoms with van der Waals surface area (Å²) in [6.45, 7) is 9.00. The van der Waals surface area contributed by atoms with Gasteiger partial charge in [-0.15, -0.1) is 0 Å². The van der Waals surface area contributed by atoms with Gasteiger partial charge in [-0.25, -0.2) is 0 Å². The smallest absolute Gasteiger partial charge is 0.251 e. The van der Waals surface area contributed by atoms with Crippen LogP contribution in [0.15, 0.2) is 54.6 Å². The number of rotatable bonds is 15. The van der Waals surface area contributed by atoms with Crippen LogP contribution in [-0.4, -0.2) is 43.0 Å². The third-order valence-electron chi connectivity index (χ3n) is 6.48. The predicted octanol–water partition coefficient (Wildman–Crippen LogP) is 4.29. The van der Waals surface area contributed by atoms with Gasteiger partial charge < -0.3 is 16.4 Å². The Hall–Kier alpha value is -3.32. The summed E-state index contributed by atoms with van der Waals surface area (Å²) < 4.78 is 0. The quantitative estimate of drug-likeness (QED) is 0.245. The first kappa shape index (κ1) is 29.9. The Morgan fingerprint density at radius 3 is 1.89 bits per heavy atom. The maximum absolute atomic E-state index is 12.9. The van der Waals surface area contributed by atoms with Crippen LogP contribution < -0.4 is 16.4 Å². The number of hydrogen-bond acceptors (Lipinski definition) is 5. The third-order valence-corrected chi connectivity index (χ3v) is 6.48. The molecule has 0 heterocycles. The highest BCUT2D eigenvalue weighted by molar-refractivity contribution is 6.09. The molecule has 0 bridgehead atoms. The van der Waals surface area contributed by atoms with Crippen molar-refractivity contribution in [2.24, 2.45) is 16.6 Å². The molecule has 4 N–H and O–H groups in total. The van der Waals surface area contributed by atoms with Crippen molar-refractivity contribution in [3.8, 4) is 0 Å². The van der Waals surface area contributed by atoms with E-state index in [9.17, 15) is 19.2 Å². The second-order valence-electron chi connectivity index (χ2n) is 10.8. The number of nitrogens with two attached hydrogens (primary N) is 1. The Bertz CT molecular complexity index is 1060. The first-order valence-electron chi connectivity index (χ1n) is 13.0. The number of ketones is 2. The molecule has 37 heavy (non-hydrogen) atoms. The number of amides is 2. The summed E-state index contributed by atoms with van der Waals surface area (Å²) in [5.74, 6) is -0.258. The van der Waals surface area contributed by atoms with E-state index in [-0.39, 0.29) is 23.4 Å². The Morgan fingerprint density at radius 1 is 0.703 bits per heavy atom. The first-order valence-corrected chi connectivity index (χ1v) is 13.0. The standard InChI is InChI=1S/C30H41N3O4/c1-29(2,21-30(3,4)28(37)33-20-10-18-31)25(34)13-8-9-19-32-27(36)24-16-14-23(15-17-24)26(35)22-11-6-5-7-12-22/h5-7,11-12,14-17H,8-10,13,18-21,31H2,1-4H3,(H,32,36)(H,33,37). The van der Waals surface area contributed by atoms with Gasteiger partial charge >= 0.3 is 0 Å². The second kappa shape index (κ2) is 13.8. The van der Waals surface area contributed by atoms with Crippen molar-refractivity contribution in [1.82, 2.24) is 10.6 Å². The summed E-state index contributed by atoms with van der Waals surface area (Å²) in [7, 11) is 0. The monoisotopic (exact) mass is 507 g/mol. The Labute approximate surface area is 220 Å².